The number of alkyl halides is 1. The van der Waals surface area contributed by atoms with Gasteiger partial charge in [0.25, 0.3) is 0 Å². The van der Waals surface area contributed by atoms with Crippen molar-refractivity contribution in [3.63, 3.8) is 0 Å². The Morgan fingerprint density at radius 1 is 1.38 bits per heavy atom. The van der Waals surface area contributed by atoms with Crippen LogP contribution in [0.4, 0.5) is 0 Å². The number of halogens is 1. The topological polar surface area (TPSA) is 26.3 Å². The van der Waals surface area contributed by atoms with Crippen molar-refractivity contribution in [1.82, 2.24) is 0 Å². The third-order valence-corrected chi connectivity index (χ3v) is 2.78. The summed E-state index contributed by atoms with van der Waals surface area (Å²) in [5, 5.41) is 0. The predicted octanol–water partition coefficient (Wildman–Crippen LogP) is 3.18. The predicted molar refractivity (Wildman–Crippen MR) is 63.2 cm³/mol. The number of rotatable bonds is 6. The Bertz CT molecular complexity index is 155. The molecule has 0 aliphatic carbocycles. The van der Waals surface area contributed by atoms with Crippen LogP contribution < -0.4 is 0 Å². The highest BCUT2D eigenvalue weighted by molar-refractivity contribution is 14.1. The van der Waals surface area contributed by atoms with E-state index in [0.717, 1.165) is 17.3 Å². The van der Waals surface area contributed by atoms with Crippen LogP contribution in [0, 0.1) is 5.41 Å². The zero-order chi connectivity index (χ0) is 10.3. The first-order chi connectivity index (χ1) is 6.04. The molecule has 0 fully saturated rings. The molecule has 0 aliphatic heterocycles. The molecule has 0 aliphatic rings. The van der Waals surface area contributed by atoms with E-state index in [2.05, 4.69) is 22.6 Å². The Hall–Kier alpha value is 0.200. The van der Waals surface area contributed by atoms with Crippen molar-refractivity contribution in [1.29, 1.82) is 0 Å². The molecule has 3 heteroatoms. The van der Waals surface area contributed by atoms with E-state index < -0.39 is 0 Å². The highest BCUT2D eigenvalue weighted by atomic mass is 127. The van der Waals surface area contributed by atoms with Crippen LogP contribution in [0.15, 0.2) is 0 Å². The SMILES string of the molecule is CCOC(=O)C(C)(C)CCCCI. The summed E-state index contributed by atoms with van der Waals surface area (Å²) in [6, 6.07) is 0. The number of hydrogen-bond acceptors (Lipinski definition) is 2. The van der Waals surface area contributed by atoms with Gasteiger partial charge in [-0.05, 0) is 38.0 Å². The van der Waals surface area contributed by atoms with Gasteiger partial charge in [-0.25, -0.2) is 0 Å². The maximum Gasteiger partial charge on any atom is 0.311 e. The molecule has 0 atom stereocenters. The molecule has 0 aromatic rings. The first kappa shape index (κ1) is 13.2. The van der Waals surface area contributed by atoms with Crippen LogP contribution in [0.2, 0.25) is 0 Å². The fraction of sp³-hybridized carbons (Fsp3) is 0.900. The number of unbranched alkanes of at least 4 members (excludes halogenated alkanes) is 1. The second-order valence-corrected chi connectivity index (χ2v) is 4.83. The second-order valence-electron chi connectivity index (χ2n) is 3.75. The minimum absolute atomic E-state index is 0.0662. The summed E-state index contributed by atoms with van der Waals surface area (Å²) in [7, 11) is 0. The van der Waals surface area contributed by atoms with Crippen LogP contribution in [0.3, 0.4) is 0 Å². The van der Waals surface area contributed by atoms with Crippen molar-refractivity contribution in [3.8, 4) is 0 Å². The molecule has 0 aromatic carbocycles. The lowest BCUT2D eigenvalue weighted by Crippen LogP contribution is -2.26. The first-order valence-corrected chi connectivity index (χ1v) is 6.30. The van der Waals surface area contributed by atoms with Gasteiger partial charge in [0.05, 0.1) is 12.0 Å². The third-order valence-electron chi connectivity index (χ3n) is 2.01. The van der Waals surface area contributed by atoms with Crippen LogP contribution in [0.1, 0.15) is 40.0 Å². The van der Waals surface area contributed by atoms with Gasteiger partial charge in [0.1, 0.15) is 0 Å². The van der Waals surface area contributed by atoms with Crippen molar-refractivity contribution in [2.75, 3.05) is 11.0 Å². The molecule has 0 spiro atoms. The molecule has 0 rings (SSSR count). The zero-order valence-corrected chi connectivity index (χ0v) is 10.9. The van der Waals surface area contributed by atoms with E-state index in [0.29, 0.717) is 6.61 Å². The van der Waals surface area contributed by atoms with E-state index in [1.54, 1.807) is 0 Å². The average Bonchev–Trinajstić information content (AvgIpc) is 2.05. The summed E-state index contributed by atoms with van der Waals surface area (Å²) in [5.74, 6) is -0.0662. The zero-order valence-electron chi connectivity index (χ0n) is 8.73. The molecular weight excluding hydrogens is 279 g/mol. The Morgan fingerprint density at radius 3 is 2.46 bits per heavy atom. The summed E-state index contributed by atoms with van der Waals surface area (Å²) in [4.78, 5) is 11.4. The van der Waals surface area contributed by atoms with E-state index in [9.17, 15) is 4.79 Å². The molecule has 2 nitrogen and oxygen atoms in total. The molecule has 0 saturated carbocycles. The molecule has 0 aromatic heterocycles. The lowest BCUT2D eigenvalue weighted by molar-refractivity contribution is -0.153. The van der Waals surface area contributed by atoms with Gasteiger partial charge in [-0.2, -0.15) is 0 Å². The highest BCUT2D eigenvalue weighted by Crippen LogP contribution is 2.25. The lowest BCUT2D eigenvalue weighted by Gasteiger charge is -2.21. The van der Waals surface area contributed by atoms with E-state index >= 15 is 0 Å². The highest BCUT2D eigenvalue weighted by Gasteiger charge is 2.28. The van der Waals surface area contributed by atoms with Gasteiger partial charge < -0.3 is 4.74 Å². The summed E-state index contributed by atoms with van der Waals surface area (Å²) in [6.07, 6.45) is 3.22. The van der Waals surface area contributed by atoms with Crippen LogP contribution in [-0.2, 0) is 9.53 Å². The standard InChI is InChI=1S/C10H19IO2/c1-4-13-9(12)10(2,3)7-5-6-8-11/h4-8H2,1-3H3. The molecule has 0 N–H and O–H groups in total. The van der Waals surface area contributed by atoms with Gasteiger partial charge in [0, 0.05) is 0 Å². The van der Waals surface area contributed by atoms with Gasteiger partial charge in [-0.3, -0.25) is 4.79 Å². The van der Waals surface area contributed by atoms with Gasteiger partial charge in [-0.1, -0.05) is 29.0 Å². The quantitative estimate of drug-likeness (QED) is 0.326. The fourth-order valence-electron chi connectivity index (χ4n) is 1.09. The largest absolute Gasteiger partial charge is 0.466 e. The van der Waals surface area contributed by atoms with Crippen molar-refractivity contribution in [3.05, 3.63) is 0 Å². The fourth-order valence-corrected chi connectivity index (χ4v) is 1.63. The minimum Gasteiger partial charge on any atom is -0.466 e. The van der Waals surface area contributed by atoms with Gasteiger partial charge in [-0.15, -0.1) is 0 Å². The van der Waals surface area contributed by atoms with E-state index in [1.165, 1.54) is 6.42 Å². The molecule has 0 radical (unpaired) electrons. The van der Waals surface area contributed by atoms with Crippen LogP contribution >= 0.6 is 22.6 Å². The minimum atomic E-state index is -0.304. The lowest BCUT2D eigenvalue weighted by atomic mass is 9.87. The smallest absolute Gasteiger partial charge is 0.311 e. The van der Waals surface area contributed by atoms with Crippen molar-refractivity contribution < 1.29 is 9.53 Å². The van der Waals surface area contributed by atoms with Gasteiger partial charge in [0.2, 0.25) is 0 Å². The second kappa shape index (κ2) is 6.62. The molecule has 0 bridgehead atoms. The molecule has 0 saturated heterocycles. The molecule has 0 unspecified atom stereocenters. The Morgan fingerprint density at radius 2 is 2.00 bits per heavy atom. The number of hydrogen-bond donors (Lipinski definition) is 0. The monoisotopic (exact) mass is 298 g/mol. The summed E-state index contributed by atoms with van der Waals surface area (Å²) in [6.45, 7) is 6.24. The molecule has 0 heterocycles. The van der Waals surface area contributed by atoms with Gasteiger partial charge in [0.15, 0.2) is 0 Å². The van der Waals surface area contributed by atoms with E-state index in [4.69, 9.17) is 4.74 Å². The van der Waals surface area contributed by atoms with Crippen LogP contribution in [0.5, 0.6) is 0 Å². The summed E-state index contributed by atoms with van der Waals surface area (Å²) < 4.78 is 6.16. The molecule has 0 amide bonds. The number of ether oxygens (including phenoxy) is 1. The molecular formula is C10H19IO2. The van der Waals surface area contributed by atoms with Crippen molar-refractivity contribution >= 4 is 28.6 Å². The Balaban J connectivity index is 3.83. The van der Waals surface area contributed by atoms with Crippen molar-refractivity contribution in [2.45, 2.75) is 40.0 Å². The Kier molecular flexibility index (Phi) is 6.73. The number of esters is 1. The maximum atomic E-state index is 11.4. The molecule has 78 valence electrons. The Labute approximate surface area is 94.6 Å². The first-order valence-electron chi connectivity index (χ1n) is 4.77. The third kappa shape index (κ3) is 5.49. The number of carbonyl (C=O) groups excluding carboxylic acids is 1. The van der Waals surface area contributed by atoms with Crippen LogP contribution in [-0.4, -0.2) is 17.0 Å². The van der Waals surface area contributed by atoms with E-state index in [-0.39, 0.29) is 11.4 Å². The van der Waals surface area contributed by atoms with E-state index in [1.807, 2.05) is 20.8 Å². The normalized spacial score (nSPS) is 11.4. The maximum absolute atomic E-state index is 11.4. The summed E-state index contributed by atoms with van der Waals surface area (Å²) in [5.41, 5.74) is -0.304. The summed E-state index contributed by atoms with van der Waals surface area (Å²) >= 11 is 2.36. The van der Waals surface area contributed by atoms with Crippen LogP contribution in [0.25, 0.3) is 0 Å². The van der Waals surface area contributed by atoms with Gasteiger partial charge >= 0.3 is 5.97 Å². The average molecular weight is 298 g/mol. The molecule has 13 heavy (non-hydrogen) atoms. The number of carbonyl (C=O) groups is 1. The van der Waals surface area contributed by atoms with Crippen molar-refractivity contribution in [2.24, 2.45) is 5.41 Å².